The van der Waals surface area contributed by atoms with Gasteiger partial charge in [0.05, 0.1) is 44.3 Å². The maximum atomic E-state index is 5.51. The lowest BCUT2D eigenvalue weighted by atomic mass is 9.95. The number of benzene rings is 10. The van der Waals surface area contributed by atoms with E-state index >= 15 is 0 Å². The summed E-state index contributed by atoms with van der Waals surface area (Å²) in [6.07, 6.45) is 0. The van der Waals surface area contributed by atoms with Gasteiger partial charge in [-0.25, -0.2) is 4.98 Å². The molecule has 302 valence electrons. The monoisotopic (exact) mass is 826 g/mol. The molecule has 0 atom stereocenters. The van der Waals surface area contributed by atoms with Crippen molar-refractivity contribution in [2.75, 3.05) is 0 Å². The summed E-state index contributed by atoms with van der Waals surface area (Å²) in [7, 11) is 0. The van der Waals surface area contributed by atoms with Gasteiger partial charge in [-0.1, -0.05) is 146 Å². The summed E-state index contributed by atoms with van der Waals surface area (Å²) in [5.41, 5.74) is 15.7. The molecular weight excluding hydrogens is 789 g/mol. The first-order valence-electron chi connectivity index (χ1n) is 22.3. The first kappa shape index (κ1) is 35.8. The van der Waals surface area contributed by atoms with E-state index in [1.807, 2.05) is 0 Å². The van der Waals surface area contributed by atoms with Crippen LogP contribution >= 0.6 is 0 Å². The molecule has 0 aliphatic rings. The Morgan fingerprint density at radius 2 is 0.677 bits per heavy atom. The van der Waals surface area contributed by atoms with E-state index in [9.17, 15) is 0 Å². The van der Waals surface area contributed by atoms with Crippen LogP contribution in [0, 0.1) is 0 Å². The molecule has 65 heavy (non-hydrogen) atoms. The summed E-state index contributed by atoms with van der Waals surface area (Å²) in [6.45, 7) is 0. The minimum absolute atomic E-state index is 0.966. The molecule has 0 spiro atoms. The number of fused-ring (bicyclic) bond motifs is 12. The molecule has 14 aromatic rings. The van der Waals surface area contributed by atoms with Crippen molar-refractivity contribution in [1.29, 1.82) is 0 Å². The molecule has 0 fully saturated rings. The number of aromatic nitrogens is 4. The van der Waals surface area contributed by atoms with Crippen LogP contribution in [0.1, 0.15) is 0 Å². The van der Waals surface area contributed by atoms with Crippen molar-refractivity contribution < 1.29 is 0 Å². The van der Waals surface area contributed by atoms with Gasteiger partial charge in [-0.3, -0.25) is 0 Å². The van der Waals surface area contributed by atoms with Crippen molar-refractivity contribution in [2.45, 2.75) is 0 Å². The van der Waals surface area contributed by atoms with E-state index < -0.39 is 0 Å². The Hall–Kier alpha value is -8.73. The molecular formula is C61H38N4. The first-order chi connectivity index (χ1) is 32.2. The second-order valence-corrected chi connectivity index (χ2v) is 17.1. The molecule has 0 bridgehead atoms. The van der Waals surface area contributed by atoms with Crippen molar-refractivity contribution in [1.82, 2.24) is 18.7 Å². The van der Waals surface area contributed by atoms with Crippen LogP contribution < -0.4 is 0 Å². The maximum Gasteiger partial charge on any atom is 0.0789 e. The molecule has 4 heterocycles. The normalized spacial score (nSPS) is 12.0. The zero-order valence-electron chi connectivity index (χ0n) is 35.2. The van der Waals surface area contributed by atoms with Crippen molar-refractivity contribution in [3.8, 4) is 39.4 Å². The van der Waals surface area contributed by atoms with Gasteiger partial charge >= 0.3 is 0 Å². The minimum Gasteiger partial charge on any atom is -0.309 e. The van der Waals surface area contributed by atoms with E-state index in [0.717, 1.165) is 61.3 Å². The van der Waals surface area contributed by atoms with Crippen molar-refractivity contribution in [2.24, 2.45) is 0 Å². The zero-order chi connectivity index (χ0) is 42.6. The Kier molecular flexibility index (Phi) is 7.65. The van der Waals surface area contributed by atoms with Crippen LogP contribution in [0.2, 0.25) is 0 Å². The fourth-order valence-corrected chi connectivity index (χ4v) is 10.8. The third-order valence-electron chi connectivity index (χ3n) is 13.6. The van der Waals surface area contributed by atoms with Gasteiger partial charge in [0, 0.05) is 65.7 Å². The lowest BCUT2D eigenvalue weighted by Crippen LogP contribution is -2.00. The van der Waals surface area contributed by atoms with Crippen LogP contribution in [0.5, 0.6) is 0 Å². The molecule has 0 amide bonds. The van der Waals surface area contributed by atoms with Gasteiger partial charge in [0.25, 0.3) is 0 Å². The molecule has 14 rings (SSSR count). The van der Waals surface area contributed by atoms with Crippen molar-refractivity contribution in [3.05, 3.63) is 231 Å². The molecule has 0 aliphatic carbocycles. The Labute approximate surface area is 374 Å². The van der Waals surface area contributed by atoms with E-state index in [4.69, 9.17) is 4.98 Å². The highest BCUT2D eigenvalue weighted by Crippen LogP contribution is 2.42. The standard InChI is InChI=1S/C61H38N4/c1-2-19-42(20-3-1)63-59-32-15-9-26-50(59)52-37-51-45-21-4-10-27-54(45)62-61(53(51)38-60(52)63)40-18-16-17-39(33-40)41-34-43(64-55-28-11-5-22-46(55)47-23-6-12-29-56(47)64)36-44(35-41)65-57-30-13-7-24-48(57)49-25-8-14-31-58(49)65/h1-38H. The number of para-hydroxylation sites is 7. The molecule has 0 saturated carbocycles. The van der Waals surface area contributed by atoms with Crippen LogP contribution in [0.25, 0.3) is 127 Å². The van der Waals surface area contributed by atoms with Crippen molar-refractivity contribution >= 4 is 87.1 Å². The van der Waals surface area contributed by atoms with Gasteiger partial charge < -0.3 is 13.7 Å². The van der Waals surface area contributed by atoms with Gasteiger partial charge in [0.15, 0.2) is 0 Å². The summed E-state index contributed by atoms with van der Waals surface area (Å²) >= 11 is 0. The lowest BCUT2D eigenvalue weighted by molar-refractivity contribution is 1.13. The smallest absolute Gasteiger partial charge is 0.0789 e. The minimum atomic E-state index is 0.966. The van der Waals surface area contributed by atoms with E-state index in [1.165, 1.54) is 65.3 Å². The predicted octanol–water partition coefficient (Wildman–Crippen LogP) is 16.0. The Balaban J connectivity index is 1.04. The SMILES string of the molecule is c1ccc(-n2c3ccccc3c3cc4c(cc32)c(-c2cccc(-c3cc(-n5c6ccccc6c6ccccc65)cc(-n5c6ccccc6c6ccccc65)c3)c2)nc2ccccc24)cc1. The summed E-state index contributed by atoms with van der Waals surface area (Å²) < 4.78 is 7.27. The third-order valence-corrected chi connectivity index (χ3v) is 13.6. The number of hydrogen-bond donors (Lipinski definition) is 0. The van der Waals surface area contributed by atoms with E-state index in [0.29, 0.717) is 0 Å². The van der Waals surface area contributed by atoms with Gasteiger partial charge in [0.1, 0.15) is 0 Å². The zero-order valence-corrected chi connectivity index (χ0v) is 35.2. The molecule has 4 heteroatoms. The molecule has 0 aliphatic heterocycles. The number of rotatable bonds is 5. The number of hydrogen-bond acceptors (Lipinski definition) is 1. The van der Waals surface area contributed by atoms with Crippen LogP contribution in [0.15, 0.2) is 231 Å². The molecule has 0 radical (unpaired) electrons. The number of nitrogens with zero attached hydrogens (tertiary/aromatic N) is 4. The molecule has 0 saturated heterocycles. The maximum absolute atomic E-state index is 5.51. The van der Waals surface area contributed by atoms with Crippen LogP contribution in [0.3, 0.4) is 0 Å². The topological polar surface area (TPSA) is 27.7 Å². The molecule has 0 unspecified atom stereocenters. The average Bonchev–Trinajstić information content (AvgIpc) is 4.01. The first-order valence-corrected chi connectivity index (χ1v) is 22.3. The Morgan fingerprint density at radius 3 is 1.23 bits per heavy atom. The van der Waals surface area contributed by atoms with Crippen molar-refractivity contribution in [3.63, 3.8) is 0 Å². The predicted molar refractivity (Wildman–Crippen MR) is 273 cm³/mol. The van der Waals surface area contributed by atoms with Crippen LogP contribution in [-0.4, -0.2) is 18.7 Å². The highest BCUT2D eigenvalue weighted by Gasteiger charge is 2.20. The highest BCUT2D eigenvalue weighted by molar-refractivity contribution is 6.20. The van der Waals surface area contributed by atoms with E-state index in [2.05, 4.69) is 244 Å². The molecule has 10 aromatic carbocycles. The molecule has 0 N–H and O–H groups in total. The summed E-state index contributed by atoms with van der Waals surface area (Å²) in [5, 5.41) is 10.9. The van der Waals surface area contributed by atoms with Gasteiger partial charge in [-0.15, -0.1) is 0 Å². The number of pyridine rings is 1. The van der Waals surface area contributed by atoms with Gasteiger partial charge in [-0.2, -0.15) is 0 Å². The third kappa shape index (κ3) is 5.35. The van der Waals surface area contributed by atoms with E-state index in [1.54, 1.807) is 0 Å². The molecule has 4 aromatic heterocycles. The fraction of sp³-hybridized carbons (Fsp3) is 0. The molecule has 4 nitrogen and oxygen atoms in total. The second kappa shape index (κ2) is 13.9. The van der Waals surface area contributed by atoms with Crippen LogP contribution in [0.4, 0.5) is 0 Å². The quantitative estimate of drug-likeness (QED) is 0.159. The lowest BCUT2D eigenvalue weighted by Gasteiger charge is -2.17. The average molecular weight is 827 g/mol. The van der Waals surface area contributed by atoms with E-state index in [-0.39, 0.29) is 0 Å². The van der Waals surface area contributed by atoms with Gasteiger partial charge in [0.2, 0.25) is 0 Å². The summed E-state index contributed by atoms with van der Waals surface area (Å²) in [6, 6.07) is 84.0. The largest absolute Gasteiger partial charge is 0.309 e. The Morgan fingerprint density at radius 1 is 0.231 bits per heavy atom. The Bertz CT molecular complexity index is 4000. The van der Waals surface area contributed by atoms with Crippen LogP contribution in [-0.2, 0) is 0 Å². The fourth-order valence-electron chi connectivity index (χ4n) is 10.8. The summed E-state index contributed by atoms with van der Waals surface area (Å²) in [4.78, 5) is 5.51. The van der Waals surface area contributed by atoms with Gasteiger partial charge in [-0.05, 0) is 101 Å². The highest BCUT2D eigenvalue weighted by atomic mass is 15.0. The summed E-state index contributed by atoms with van der Waals surface area (Å²) in [5.74, 6) is 0. The second-order valence-electron chi connectivity index (χ2n) is 17.1.